The largest absolute Gasteiger partial charge is 0.497 e. The lowest BCUT2D eigenvalue weighted by molar-refractivity contribution is 0.415. The zero-order valence-electron chi connectivity index (χ0n) is 11.9. The van der Waals surface area contributed by atoms with Gasteiger partial charge >= 0.3 is 0 Å². The summed E-state index contributed by atoms with van der Waals surface area (Å²) in [4.78, 5) is 4.76. The summed E-state index contributed by atoms with van der Waals surface area (Å²) in [6, 6.07) is 10.0. The Bertz CT molecular complexity index is 733. The van der Waals surface area contributed by atoms with Gasteiger partial charge in [0.15, 0.2) is 5.82 Å². The molecular formula is C16H17N3O. The van der Waals surface area contributed by atoms with Crippen molar-refractivity contribution in [2.24, 2.45) is 0 Å². The Morgan fingerprint density at radius 3 is 2.70 bits per heavy atom. The minimum Gasteiger partial charge on any atom is -0.497 e. The van der Waals surface area contributed by atoms with Gasteiger partial charge in [0.1, 0.15) is 5.75 Å². The number of pyridine rings is 1. The molecule has 0 aliphatic heterocycles. The van der Waals surface area contributed by atoms with E-state index in [4.69, 9.17) is 9.72 Å². The molecule has 0 saturated heterocycles. The summed E-state index contributed by atoms with van der Waals surface area (Å²) in [6.45, 7) is 4.30. The molecule has 0 unspecified atom stereocenters. The van der Waals surface area contributed by atoms with Crippen molar-refractivity contribution >= 4 is 10.8 Å². The lowest BCUT2D eigenvalue weighted by Crippen LogP contribution is -2.03. The van der Waals surface area contributed by atoms with Crippen LogP contribution in [0.3, 0.4) is 0 Å². The summed E-state index contributed by atoms with van der Waals surface area (Å²) < 4.78 is 7.09. The van der Waals surface area contributed by atoms with E-state index in [1.807, 2.05) is 30.5 Å². The molecule has 20 heavy (non-hydrogen) atoms. The fraction of sp³-hybridized carbons (Fsp3) is 0.250. The summed E-state index contributed by atoms with van der Waals surface area (Å²) in [7, 11) is 1.68. The molecule has 4 nitrogen and oxygen atoms in total. The smallest absolute Gasteiger partial charge is 0.154 e. The maximum absolute atomic E-state index is 5.31. The van der Waals surface area contributed by atoms with Crippen LogP contribution in [0.25, 0.3) is 16.6 Å². The van der Waals surface area contributed by atoms with Crippen molar-refractivity contribution in [2.75, 3.05) is 7.11 Å². The predicted molar refractivity (Wildman–Crippen MR) is 79.5 cm³/mol. The highest BCUT2D eigenvalue weighted by Crippen LogP contribution is 2.28. The molecule has 0 bridgehead atoms. The van der Waals surface area contributed by atoms with Crippen LogP contribution in [0, 0.1) is 0 Å². The van der Waals surface area contributed by atoms with Crippen molar-refractivity contribution in [3.63, 3.8) is 0 Å². The maximum atomic E-state index is 5.31. The molecule has 3 aromatic rings. The first-order valence-electron chi connectivity index (χ1n) is 6.68. The van der Waals surface area contributed by atoms with Gasteiger partial charge in [0.25, 0.3) is 0 Å². The quantitative estimate of drug-likeness (QED) is 0.728. The number of fused-ring (bicyclic) bond motifs is 1. The highest BCUT2D eigenvalue weighted by atomic mass is 16.5. The molecule has 0 spiro atoms. The molecule has 2 aromatic heterocycles. The number of ether oxygens (including phenoxy) is 1. The number of rotatable bonds is 3. The minimum atomic E-state index is 0.349. The van der Waals surface area contributed by atoms with Crippen molar-refractivity contribution in [3.8, 4) is 11.6 Å². The molecule has 0 fully saturated rings. The molecule has 0 radical (unpaired) electrons. The van der Waals surface area contributed by atoms with Crippen LogP contribution in [0.5, 0.6) is 5.75 Å². The number of nitrogens with zero attached hydrogens (tertiary/aromatic N) is 3. The lowest BCUT2D eigenvalue weighted by Gasteiger charge is -2.13. The monoisotopic (exact) mass is 267 g/mol. The fourth-order valence-corrected chi connectivity index (χ4v) is 2.34. The van der Waals surface area contributed by atoms with E-state index in [1.54, 1.807) is 18.0 Å². The second-order valence-corrected chi connectivity index (χ2v) is 5.06. The molecule has 4 heteroatoms. The van der Waals surface area contributed by atoms with E-state index in [2.05, 4.69) is 25.0 Å². The lowest BCUT2D eigenvalue weighted by atomic mass is 10.0. The van der Waals surface area contributed by atoms with Crippen molar-refractivity contribution in [1.82, 2.24) is 14.8 Å². The van der Waals surface area contributed by atoms with Crippen molar-refractivity contribution in [1.29, 1.82) is 0 Å². The summed E-state index contributed by atoms with van der Waals surface area (Å²) in [5.41, 5.74) is 1.08. The van der Waals surface area contributed by atoms with Crippen molar-refractivity contribution in [2.45, 2.75) is 19.8 Å². The van der Waals surface area contributed by atoms with Crippen LogP contribution in [-0.4, -0.2) is 21.9 Å². The van der Waals surface area contributed by atoms with Gasteiger partial charge in [0.2, 0.25) is 0 Å². The molecule has 102 valence electrons. The number of benzene rings is 1. The van der Waals surface area contributed by atoms with Crippen molar-refractivity contribution < 1.29 is 4.74 Å². The standard InChI is InChI=1S/C16H17N3O/c1-11(2)16-14-6-5-13(20-3)9-12(14)10-15(18-16)19-8-4-7-17-19/h4-11H,1-3H3. The Morgan fingerprint density at radius 2 is 2.05 bits per heavy atom. The van der Waals surface area contributed by atoms with Crippen LogP contribution >= 0.6 is 0 Å². The molecule has 0 aliphatic rings. The summed E-state index contributed by atoms with van der Waals surface area (Å²) in [5.74, 6) is 2.03. The molecule has 2 heterocycles. The first-order valence-corrected chi connectivity index (χ1v) is 6.68. The predicted octanol–water partition coefficient (Wildman–Crippen LogP) is 3.55. The second-order valence-electron chi connectivity index (χ2n) is 5.06. The van der Waals surface area contributed by atoms with Gasteiger partial charge in [-0.15, -0.1) is 0 Å². The molecule has 3 rings (SSSR count). The number of hydrogen-bond acceptors (Lipinski definition) is 3. The van der Waals surface area contributed by atoms with Gasteiger partial charge in [0, 0.05) is 17.8 Å². The summed E-state index contributed by atoms with van der Waals surface area (Å²) >= 11 is 0. The number of hydrogen-bond donors (Lipinski definition) is 0. The van der Waals surface area contributed by atoms with Crippen LogP contribution in [0.1, 0.15) is 25.5 Å². The van der Waals surface area contributed by atoms with E-state index in [0.29, 0.717) is 5.92 Å². The average molecular weight is 267 g/mol. The van der Waals surface area contributed by atoms with E-state index in [1.165, 1.54) is 0 Å². The average Bonchev–Trinajstić information content (AvgIpc) is 2.99. The third-order valence-electron chi connectivity index (χ3n) is 3.34. The maximum Gasteiger partial charge on any atom is 0.154 e. The minimum absolute atomic E-state index is 0.349. The van der Waals surface area contributed by atoms with Gasteiger partial charge in [-0.3, -0.25) is 0 Å². The zero-order valence-corrected chi connectivity index (χ0v) is 11.9. The van der Waals surface area contributed by atoms with Crippen molar-refractivity contribution in [3.05, 3.63) is 48.4 Å². The van der Waals surface area contributed by atoms with E-state index >= 15 is 0 Å². The molecular weight excluding hydrogens is 250 g/mol. The molecule has 0 atom stereocenters. The third-order valence-corrected chi connectivity index (χ3v) is 3.34. The Morgan fingerprint density at radius 1 is 1.20 bits per heavy atom. The SMILES string of the molecule is COc1ccc2c(C(C)C)nc(-n3cccn3)cc2c1. The zero-order chi connectivity index (χ0) is 14.1. The van der Waals surface area contributed by atoms with E-state index in [9.17, 15) is 0 Å². The fourth-order valence-electron chi connectivity index (χ4n) is 2.34. The highest BCUT2D eigenvalue weighted by Gasteiger charge is 2.11. The first-order chi connectivity index (χ1) is 9.69. The summed E-state index contributed by atoms with van der Waals surface area (Å²) in [6.07, 6.45) is 3.66. The molecule has 0 saturated carbocycles. The normalized spacial score (nSPS) is 11.2. The van der Waals surface area contributed by atoms with Crippen LogP contribution in [0.15, 0.2) is 42.7 Å². The van der Waals surface area contributed by atoms with Crippen LogP contribution < -0.4 is 4.74 Å². The highest BCUT2D eigenvalue weighted by molar-refractivity contribution is 5.87. The first kappa shape index (κ1) is 12.7. The molecule has 0 aliphatic carbocycles. The third kappa shape index (κ3) is 2.13. The molecule has 0 amide bonds. The van der Waals surface area contributed by atoms with Gasteiger partial charge in [-0.05, 0) is 41.6 Å². The number of aromatic nitrogens is 3. The second kappa shape index (κ2) is 4.96. The van der Waals surface area contributed by atoms with Crippen LogP contribution in [0.4, 0.5) is 0 Å². The van der Waals surface area contributed by atoms with Gasteiger partial charge < -0.3 is 4.74 Å². The summed E-state index contributed by atoms with van der Waals surface area (Å²) in [5, 5.41) is 6.54. The number of methoxy groups -OCH3 is 1. The Balaban J connectivity index is 2.28. The van der Waals surface area contributed by atoms with E-state index in [0.717, 1.165) is 28.0 Å². The molecule has 0 N–H and O–H groups in total. The molecule has 1 aromatic carbocycles. The van der Waals surface area contributed by atoms with Crippen LogP contribution in [-0.2, 0) is 0 Å². The van der Waals surface area contributed by atoms with Gasteiger partial charge in [-0.2, -0.15) is 5.10 Å². The Kier molecular flexibility index (Phi) is 3.14. The van der Waals surface area contributed by atoms with Gasteiger partial charge in [-0.1, -0.05) is 13.8 Å². The topological polar surface area (TPSA) is 39.9 Å². The van der Waals surface area contributed by atoms with E-state index < -0.39 is 0 Å². The van der Waals surface area contributed by atoms with Crippen LogP contribution in [0.2, 0.25) is 0 Å². The Hall–Kier alpha value is -2.36. The van der Waals surface area contributed by atoms with Gasteiger partial charge in [0.05, 0.1) is 12.8 Å². The Labute approximate surface area is 118 Å². The van der Waals surface area contributed by atoms with Gasteiger partial charge in [-0.25, -0.2) is 9.67 Å². The van der Waals surface area contributed by atoms with E-state index in [-0.39, 0.29) is 0 Å².